The second-order valence-electron chi connectivity index (χ2n) is 7.34. The predicted molar refractivity (Wildman–Crippen MR) is 119 cm³/mol. The van der Waals surface area contributed by atoms with Gasteiger partial charge < -0.3 is 15.7 Å². The normalized spacial score (nSPS) is 17.4. The lowest BCUT2D eigenvalue weighted by molar-refractivity contribution is -0.119. The van der Waals surface area contributed by atoms with E-state index in [9.17, 15) is 14.7 Å². The first-order valence-electron chi connectivity index (χ1n) is 9.26. The van der Waals surface area contributed by atoms with E-state index in [4.69, 9.17) is 23.2 Å². The van der Waals surface area contributed by atoms with Gasteiger partial charge in [-0.2, -0.15) is 0 Å². The van der Waals surface area contributed by atoms with Crippen LogP contribution in [0.5, 0.6) is 0 Å². The number of carboxylic acids is 1. The number of benzene rings is 3. The summed E-state index contributed by atoms with van der Waals surface area (Å²) in [5.41, 5.74) is 2.13. The van der Waals surface area contributed by atoms with Crippen molar-refractivity contribution in [3.8, 4) is 0 Å². The van der Waals surface area contributed by atoms with E-state index in [1.54, 1.807) is 48.5 Å². The molecule has 3 aromatic rings. The van der Waals surface area contributed by atoms with Crippen molar-refractivity contribution in [3.63, 3.8) is 0 Å². The van der Waals surface area contributed by atoms with Gasteiger partial charge in [0.1, 0.15) is 5.54 Å². The Kier molecular flexibility index (Phi) is 5.18. The minimum atomic E-state index is -1.23. The number of halogens is 2. The van der Waals surface area contributed by atoms with Gasteiger partial charge in [-0.1, -0.05) is 53.0 Å². The smallest absolute Gasteiger partial charge is 0.337 e. The summed E-state index contributed by atoms with van der Waals surface area (Å²) in [4.78, 5) is 25.2. The van der Waals surface area contributed by atoms with Gasteiger partial charge in [-0.3, -0.25) is 4.79 Å². The molecule has 0 spiro atoms. The number of nitrogens with one attached hydrogen (secondary N) is 2. The van der Waals surface area contributed by atoms with Crippen molar-refractivity contribution in [2.75, 3.05) is 10.6 Å². The molecule has 0 fully saturated rings. The molecule has 1 aliphatic rings. The zero-order valence-electron chi connectivity index (χ0n) is 16.0. The molecule has 0 saturated carbocycles. The summed E-state index contributed by atoms with van der Waals surface area (Å²) < 4.78 is 0. The maximum atomic E-state index is 13.3. The van der Waals surface area contributed by atoms with E-state index in [0.717, 1.165) is 11.1 Å². The number of carboxylic acid groups (broad SMARTS) is 1. The van der Waals surface area contributed by atoms with Crippen LogP contribution in [-0.2, 0) is 16.8 Å². The Morgan fingerprint density at radius 1 is 1.07 bits per heavy atom. The van der Waals surface area contributed by atoms with Crippen molar-refractivity contribution >= 4 is 46.5 Å². The number of carbonyl (C=O) groups excluding carboxylic acids is 1. The lowest BCUT2D eigenvalue weighted by Crippen LogP contribution is -2.44. The average molecular weight is 441 g/mol. The Labute approximate surface area is 183 Å². The molecule has 152 valence electrons. The summed E-state index contributed by atoms with van der Waals surface area (Å²) in [5, 5.41) is 16.9. The van der Waals surface area contributed by atoms with Crippen molar-refractivity contribution < 1.29 is 14.7 Å². The quantitative estimate of drug-likeness (QED) is 0.489. The number of hydrogen-bond donors (Lipinski definition) is 3. The average Bonchev–Trinajstić information content (AvgIpc) is 2.93. The Morgan fingerprint density at radius 3 is 2.57 bits per heavy atom. The predicted octanol–water partition coefficient (Wildman–Crippen LogP) is 5.50. The highest BCUT2D eigenvalue weighted by Crippen LogP contribution is 2.43. The van der Waals surface area contributed by atoms with Gasteiger partial charge in [0.15, 0.2) is 0 Å². The molecule has 1 aliphatic heterocycles. The van der Waals surface area contributed by atoms with Crippen LogP contribution >= 0.6 is 23.2 Å². The number of rotatable bonds is 5. The molecule has 1 heterocycles. The fourth-order valence-electron chi connectivity index (χ4n) is 3.81. The molecule has 4 rings (SSSR count). The number of anilines is 2. The molecule has 1 unspecified atom stereocenters. The van der Waals surface area contributed by atoms with Crippen LogP contribution in [0.4, 0.5) is 11.4 Å². The molecule has 0 radical (unpaired) electrons. The lowest BCUT2D eigenvalue weighted by atomic mass is 9.84. The Bertz CT molecular complexity index is 1180. The molecule has 3 aromatic carbocycles. The van der Waals surface area contributed by atoms with Crippen LogP contribution in [0, 0.1) is 6.92 Å². The van der Waals surface area contributed by atoms with E-state index in [-0.39, 0.29) is 17.9 Å². The first-order valence-corrected chi connectivity index (χ1v) is 10.0. The van der Waals surface area contributed by atoms with Crippen LogP contribution in [0.1, 0.15) is 27.0 Å². The minimum absolute atomic E-state index is 0.0932. The fourth-order valence-corrected chi connectivity index (χ4v) is 4.20. The summed E-state index contributed by atoms with van der Waals surface area (Å²) in [6.07, 6.45) is 0.265. The van der Waals surface area contributed by atoms with Crippen molar-refractivity contribution in [1.29, 1.82) is 0 Å². The third-order valence-electron chi connectivity index (χ3n) is 5.19. The van der Waals surface area contributed by atoms with Gasteiger partial charge in [0.2, 0.25) is 0 Å². The first kappa shape index (κ1) is 20.3. The van der Waals surface area contributed by atoms with Crippen molar-refractivity contribution in [2.45, 2.75) is 18.9 Å². The van der Waals surface area contributed by atoms with E-state index in [1.165, 1.54) is 0 Å². The highest BCUT2D eigenvalue weighted by molar-refractivity contribution is 6.31. The van der Waals surface area contributed by atoms with Crippen molar-refractivity contribution in [3.05, 3.63) is 93.0 Å². The van der Waals surface area contributed by atoms with Gasteiger partial charge in [-0.25, -0.2) is 4.79 Å². The second kappa shape index (κ2) is 7.67. The maximum absolute atomic E-state index is 13.3. The second-order valence-corrected chi connectivity index (χ2v) is 8.21. The standard InChI is InChI=1S/C23H18Cl2N2O3/c1-13-5-8-19(17(9-13)21(28)29)27-23(12-14-3-2-4-15(24)10-14)18-7-6-16(25)11-20(18)26-22(23)30/h2-11,27H,12H2,1H3,(H,26,30)(H,28,29). The van der Waals surface area contributed by atoms with Gasteiger partial charge in [0.05, 0.1) is 5.56 Å². The summed E-state index contributed by atoms with van der Waals surface area (Å²) in [7, 11) is 0. The van der Waals surface area contributed by atoms with E-state index in [0.29, 0.717) is 27.0 Å². The highest BCUT2D eigenvalue weighted by Gasteiger charge is 2.47. The van der Waals surface area contributed by atoms with E-state index in [1.807, 2.05) is 19.1 Å². The molecular weight excluding hydrogens is 423 g/mol. The number of carbonyl (C=O) groups is 2. The summed E-state index contributed by atoms with van der Waals surface area (Å²) in [6, 6.07) is 17.5. The molecule has 1 atom stereocenters. The number of hydrogen-bond acceptors (Lipinski definition) is 3. The summed E-state index contributed by atoms with van der Waals surface area (Å²) in [6.45, 7) is 1.82. The molecular formula is C23H18Cl2N2O3. The van der Waals surface area contributed by atoms with E-state index in [2.05, 4.69) is 10.6 Å². The monoisotopic (exact) mass is 440 g/mol. The van der Waals surface area contributed by atoms with Crippen LogP contribution in [0.25, 0.3) is 0 Å². The molecule has 0 bridgehead atoms. The van der Waals surface area contributed by atoms with Crippen LogP contribution in [0.2, 0.25) is 10.0 Å². The number of fused-ring (bicyclic) bond motifs is 1. The molecule has 0 aliphatic carbocycles. The Morgan fingerprint density at radius 2 is 1.83 bits per heavy atom. The Hall–Kier alpha value is -3.02. The molecule has 1 amide bonds. The Balaban J connectivity index is 1.88. The molecule has 30 heavy (non-hydrogen) atoms. The van der Waals surface area contributed by atoms with Gasteiger partial charge >= 0.3 is 5.97 Å². The largest absolute Gasteiger partial charge is 0.478 e. The van der Waals surface area contributed by atoms with E-state index >= 15 is 0 Å². The number of amides is 1. The summed E-state index contributed by atoms with van der Waals surface area (Å²) in [5.74, 6) is -1.37. The van der Waals surface area contributed by atoms with Gasteiger partial charge in [-0.15, -0.1) is 0 Å². The SMILES string of the molecule is Cc1ccc(NC2(Cc3cccc(Cl)c3)C(=O)Nc3cc(Cl)ccc32)c(C(=O)O)c1. The molecule has 0 saturated heterocycles. The van der Waals surface area contributed by atoms with E-state index < -0.39 is 11.5 Å². The third-order valence-corrected chi connectivity index (χ3v) is 5.66. The van der Waals surface area contributed by atoms with Gasteiger partial charge in [-0.05, 0) is 48.9 Å². The van der Waals surface area contributed by atoms with Gasteiger partial charge in [0, 0.05) is 33.4 Å². The van der Waals surface area contributed by atoms with Crippen LogP contribution in [-0.4, -0.2) is 17.0 Å². The van der Waals surface area contributed by atoms with Crippen LogP contribution < -0.4 is 10.6 Å². The zero-order valence-corrected chi connectivity index (χ0v) is 17.5. The first-order chi connectivity index (χ1) is 14.3. The maximum Gasteiger partial charge on any atom is 0.337 e. The number of aryl methyl sites for hydroxylation is 1. The third kappa shape index (κ3) is 3.62. The zero-order chi connectivity index (χ0) is 21.5. The molecule has 3 N–H and O–H groups in total. The highest BCUT2D eigenvalue weighted by atomic mass is 35.5. The fraction of sp³-hybridized carbons (Fsp3) is 0.130. The van der Waals surface area contributed by atoms with Crippen LogP contribution in [0.3, 0.4) is 0 Å². The topological polar surface area (TPSA) is 78.4 Å². The molecule has 5 nitrogen and oxygen atoms in total. The molecule has 0 aromatic heterocycles. The van der Waals surface area contributed by atoms with Crippen molar-refractivity contribution in [2.24, 2.45) is 0 Å². The number of aromatic carboxylic acids is 1. The summed E-state index contributed by atoms with van der Waals surface area (Å²) >= 11 is 12.3. The van der Waals surface area contributed by atoms with Gasteiger partial charge in [0.25, 0.3) is 5.91 Å². The molecule has 7 heteroatoms. The minimum Gasteiger partial charge on any atom is -0.478 e. The van der Waals surface area contributed by atoms with Crippen LogP contribution in [0.15, 0.2) is 60.7 Å². The lowest BCUT2D eigenvalue weighted by Gasteiger charge is -2.31. The van der Waals surface area contributed by atoms with Crippen molar-refractivity contribution in [1.82, 2.24) is 0 Å².